The van der Waals surface area contributed by atoms with Gasteiger partial charge in [-0.15, -0.1) is 5.10 Å². The number of ether oxygens (including phenoxy) is 1. The molecule has 1 atom stereocenters. The lowest BCUT2D eigenvalue weighted by Crippen LogP contribution is -2.36. The predicted octanol–water partition coefficient (Wildman–Crippen LogP) is 4.88. The van der Waals surface area contributed by atoms with Gasteiger partial charge in [0, 0.05) is 17.3 Å². The summed E-state index contributed by atoms with van der Waals surface area (Å²) in [6.07, 6.45) is 2.56. The van der Waals surface area contributed by atoms with Crippen LogP contribution in [-0.4, -0.2) is 40.4 Å². The lowest BCUT2D eigenvalue weighted by atomic mass is 9.87. The number of benzene rings is 3. The Morgan fingerprint density at radius 3 is 2.34 bits per heavy atom. The van der Waals surface area contributed by atoms with Crippen LogP contribution in [0.25, 0.3) is 6.08 Å². The minimum absolute atomic E-state index is 0.0393. The maximum absolute atomic E-state index is 13.2. The molecule has 8 nitrogen and oxygen atoms in total. The number of carbonyl (C=O) groups excluding carboxylic acids is 2. The van der Waals surface area contributed by atoms with Crippen LogP contribution in [0.3, 0.4) is 0 Å². The molecule has 1 unspecified atom stereocenters. The molecule has 0 spiro atoms. The molecule has 1 heterocycles. The Bertz CT molecular complexity index is 1350. The Labute approximate surface area is 221 Å². The zero-order valence-electron chi connectivity index (χ0n) is 21.2. The number of carboxylic acids is 1. The van der Waals surface area contributed by atoms with Gasteiger partial charge in [0.05, 0.1) is 12.5 Å². The van der Waals surface area contributed by atoms with E-state index >= 15 is 0 Å². The lowest BCUT2D eigenvalue weighted by Gasteiger charge is -2.24. The van der Waals surface area contributed by atoms with Crippen LogP contribution in [0.1, 0.15) is 42.0 Å². The molecule has 1 aliphatic rings. The van der Waals surface area contributed by atoms with Gasteiger partial charge in [0.15, 0.2) is 6.61 Å². The number of carbonyl (C=O) groups is 3. The van der Waals surface area contributed by atoms with Gasteiger partial charge in [-0.05, 0) is 52.9 Å². The molecule has 0 aliphatic carbocycles. The number of hydrazone groups is 1. The van der Waals surface area contributed by atoms with Crippen molar-refractivity contribution >= 4 is 35.4 Å². The average molecular weight is 512 g/mol. The fourth-order valence-corrected chi connectivity index (χ4v) is 4.15. The third-order valence-electron chi connectivity index (χ3n) is 6.07. The number of amides is 2. The highest BCUT2D eigenvalue weighted by Gasteiger charge is 2.26. The first-order valence-electron chi connectivity index (χ1n) is 12.3. The summed E-state index contributed by atoms with van der Waals surface area (Å²) in [5.74, 6) is -1.32. The minimum atomic E-state index is -1.02. The Balaban J connectivity index is 1.44. The summed E-state index contributed by atoms with van der Waals surface area (Å²) < 4.78 is 5.51. The smallest absolute Gasteiger partial charge is 0.328 e. The number of nitrogens with zero attached hydrogens (tertiary/aromatic N) is 2. The van der Waals surface area contributed by atoms with E-state index in [1.54, 1.807) is 24.3 Å². The van der Waals surface area contributed by atoms with Crippen molar-refractivity contribution in [3.05, 3.63) is 107 Å². The Morgan fingerprint density at radius 2 is 1.71 bits per heavy atom. The second-order valence-corrected chi connectivity index (χ2v) is 9.26. The van der Waals surface area contributed by atoms with Crippen molar-refractivity contribution in [3.8, 4) is 0 Å². The van der Waals surface area contributed by atoms with Gasteiger partial charge < -0.3 is 15.2 Å². The summed E-state index contributed by atoms with van der Waals surface area (Å²) in [6.45, 7) is 4.20. The molecule has 8 heteroatoms. The van der Waals surface area contributed by atoms with Gasteiger partial charge in [-0.2, -0.15) is 0 Å². The fourth-order valence-electron chi connectivity index (χ4n) is 4.15. The Morgan fingerprint density at radius 1 is 1.03 bits per heavy atom. The van der Waals surface area contributed by atoms with Crippen LogP contribution in [0.15, 0.2) is 90.0 Å². The first-order valence-corrected chi connectivity index (χ1v) is 12.3. The van der Waals surface area contributed by atoms with Gasteiger partial charge in [-0.3, -0.25) is 9.59 Å². The topological polar surface area (TPSA) is 108 Å². The third-order valence-corrected chi connectivity index (χ3v) is 6.07. The largest absolute Gasteiger partial charge is 0.478 e. The maximum Gasteiger partial charge on any atom is 0.328 e. The van der Waals surface area contributed by atoms with Crippen molar-refractivity contribution in [2.24, 2.45) is 11.0 Å². The number of hydrogen-bond acceptors (Lipinski definition) is 5. The van der Waals surface area contributed by atoms with Crippen LogP contribution in [0.5, 0.6) is 0 Å². The molecule has 3 aromatic carbocycles. The highest BCUT2D eigenvalue weighted by molar-refractivity contribution is 5.98. The van der Waals surface area contributed by atoms with Crippen molar-refractivity contribution in [1.82, 2.24) is 5.01 Å². The highest BCUT2D eigenvalue weighted by Crippen LogP contribution is 2.27. The fraction of sp³-hybridized carbons (Fsp3) is 0.200. The molecule has 3 aromatic rings. The summed E-state index contributed by atoms with van der Waals surface area (Å²) in [4.78, 5) is 36.3. The van der Waals surface area contributed by atoms with E-state index in [1.807, 2.05) is 68.4 Å². The van der Waals surface area contributed by atoms with E-state index in [-0.39, 0.29) is 30.3 Å². The van der Waals surface area contributed by atoms with E-state index in [0.717, 1.165) is 28.3 Å². The van der Waals surface area contributed by atoms with E-state index in [2.05, 4.69) is 10.4 Å². The highest BCUT2D eigenvalue weighted by atomic mass is 16.5. The molecule has 0 saturated carbocycles. The second-order valence-electron chi connectivity index (χ2n) is 9.26. The van der Waals surface area contributed by atoms with Crippen LogP contribution in [0, 0.1) is 5.92 Å². The SMILES string of the molecule is CC(C)C(C(=O)Nc1ccc(/C=C/C(=O)O)cc1)c1ccc(CN2N=C(c3ccccc3)OCC2=O)cc1. The zero-order valence-corrected chi connectivity index (χ0v) is 21.2. The van der Waals surface area contributed by atoms with Crippen LogP contribution in [0.2, 0.25) is 0 Å². The molecule has 2 N–H and O–H groups in total. The van der Waals surface area contributed by atoms with Gasteiger partial charge in [0.25, 0.3) is 5.91 Å². The summed E-state index contributed by atoms with van der Waals surface area (Å²) in [5.41, 5.74) is 3.90. The van der Waals surface area contributed by atoms with Crippen LogP contribution in [-0.2, 0) is 25.7 Å². The van der Waals surface area contributed by atoms with Gasteiger partial charge in [0.2, 0.25) is 11.8 Å². The molecule has 4 rings (SSSR count). The molecule has 2 amide bonds. The molecule has 0 radical (unpaired) electrons. The molecule has 38 heavy (non-hydrogen) atoms. The second kappa shape index (κ2) is 12.0. The van der Waals surface area contributed by atoms with Gasteiger partial charge in [-0.25, -0.2) is 9.80 Å². The monoisotopic (exact) mass is 511 g/mol. The van der Waals surface area contributed by atoms with Crippen molar-refractivity contribution in [2.75, 3.05) is 11.9 Å². The van der Waals surface area contributed by atoms with Gasteiger partial charge in [-0.1, -0.05) is 68.4 Å². The van der Waals surface area contributed by atoms with Gasteiger partial charge >= 0.3 is 5.97 Å². The number of aliphatic carboxylic acids is 1. The first-order chi connectivity index (χ1) is 18.3. The van der Waals surface area contributed by atoms with E-state index in [4.69, 9.17) is 9.84 Å². The number of hydrogen-bond donors (Lipinski definition) is 2. The van der Waals surface area contributed by atoms with Crippen LogP contribution < -0.4 is 5.32 Å². The number of rotatable bonds is 9. The standard InChI is InChI=1S/C30H29N3O5/c1-20(2)28(29(37)31-25-15-10-21(11-16-25)12-17-27(35)36)23-13-8-22(9-14-23)18-33-26(34)19-38-30(32-33)24-6-4-3-5-7-24/h3-17,20,28H,18-19H2,1-2H3,(H,31,37)(H,35,36)/b17-12+. The minimum Gasteiger partial charge on any atom is -0.478 e. The molecule has 1 aliphatic heterocycles. The zero-order chi connectivity index (χ0) is 27.1. The first kappa shape index (κ1) is 26.3. The summed E-state index contributed by atoms with van der Waals surface area (Å²) >= 11 is 0. The normalized spacial score (nSPS) is 14.2. The van der Waals surface area contributed by atoms with Crippen molar-refractivity contribution in [2.45, 2.75) is 26.3 Å². The molecular weight excluding hydrogens is 482 g/mol. The number of anilines is 1. The van der Waals surface area contributed by atoms with E-state index in [0.29, 0.717) is 18.1 Å². The van der Waals surface area contributed by atoms with Crippen LogP contribution >= 0.6 is 0 Å². The number of carboxylic acid groups (broad SMARTS) is 1. The summed E-state index contributed by atoms with van der Waals surface area (Å²) in [5, 5.41) is 17.5. The molecule has 0 bridgehead atoms. The molecule has 0 aromatic heterocycles. The quantitative estimate of drug-likeness (QED) is 0.398. The molecule has 194 valence electrons. The molecular formula is C30H29N3O5. The summed E-state index contributed by atoms with van der Waals surface area (Å²) in [6, 6.07) is 24.0. The average Bonchev–Trinajstić information content (AvgIpc) is 2.91. The van der Waals surface area contributed by atoms with Crippen molar-refractivity contribution in [3.63, 3.8) is 0 Å². The van der Waals surface area contributed by atoms with E-state index < -0.39 is 5.97 Å². The third kappa shape index (κ3) is 6.73. The van der Waals surface area contributed by atoms with Crippen LogP contribution in [0.4, 0.5) is 5.69 Å². The van der Waals surface area contributed by atoms with E-state index in [9.17, 15) is 14.4 Å². The molecule has 0 saturated heterocycles. The summed E-state index contributed by atoms with van der Waals surface area (Å²) in [7, 11) is 0. The van der Waals surface area contributed by atoms with Gasteiger partial charge in [0.1, 0.15) is 0 Å². The van der Waals surface area contributed by atoms with Crippen molar-refractivity contribution in [1.29, 1.82) is 0 Å². The Hall–Kier alpha value is -4.72. The molecule has 0 fully saturated rings. The van der Waals surface area contributed by atoms with Crippen molar-refractivity contribution < 1.29 is 24.2 Å². The Kier molecular flexibility index (Phi) is 8.33. The van der Waals surface area contributed by atoms with E-state index in [1.165, 1.54) is 11.1 Å². The lowest BCUT2D eigenvalue weighted by molar-refractivity contribution is -0.136. The number of nitrogens with one attached hydrogen (secondary N) is 1. The predicted molar refractivity (Wildman–Crippen MR) is 145 cm³/mol. The maximum atomic E-state index is 13.2.